The molecule has 8 nitrogen and oxygen atoms in total. The third-order valence-corrected chi connectivity index (χ3v) is 5.16. The Balaban J connectivity index is 1.62. The molecule has 0 aliphatic heterocycles. The van der Waals surface area contributed by atoms with Crippen molar-refractivity contribution >= 4 is 29.1 Å². The second-order valence-corrected chi connectivity index (χ2v) is 8.51. The van der Waals surface area contributed by atoms with E-state index in [1.54, 1.807) is 36.1 Å². The average Bonchev–Trinajstić information content (AvgIpc) is 3.20. The normalized spacial score (nSPS) is 11.2. The monoisotopic (exact) mass is 425 g/mol. The number of thioether (sulfide) groups is 1. The second-order valence-electron chi connectivity index (χ2n) is 7.56. The molecule has 1 amide bonds. The van der Waals surface area contributed by atoms with Crippen LogP contribution in [0.4, 0.5) is 5.69 Å². The lowest BCUT2D eigenvalue weighted by atomic mass is 9.95. The number of amides is 1. The van der Waals surface area contributed by atoms with Gasteiger partial charge in [0.05, 0.1) is 18.6 Å². The maximum Gasteiger partial charge on any atom is 0.229 e. The van der Waals surface area contributed by atoms with E-state index in [0.29, 0.717) is 16.4 Å². The van der Waals surface area contributed by atoms with E-state index in [0.717, 1.165) is 11.4 Å². The number of carbonyl (C=O) groups is 2. The number of ketones is 1. The largest absolute Gasteiger partial charge is 0.497 e. The molecule has 0 aliphatic rings. The molecule has 0 atom stereocenters. The third kappa shape index (κ3) is 5.24. The van der Waals surface area contributed by atoms with E-state index in [-0.39, 0.29) is 17.4 Å². The lowest BCUT2D eigenvalue weighted by Crippen LogP contribution is -2.27. The summed E-state index contributed by atoms with van der Waals surface area (Å²) in [6.45, 7) is 5.53. The first-order valence-electron chi connectivity index (χ1n) is 9.28. The molecule has 0 radical (unpaired) electrons. The van der Waals surface area contributed by atoms with Crippen molar-refractivity contribution in [3.8, 4) is 11.4 Å². The average molecular weight is 426 g/mol. The predicted octanol–water partition coefficient (Wildman–Crippen LogP) is 3.63. The van der Waals surface area contributed by atoms with E-state index >= 15 is 0 Å². The van der Waals surface area contributed by atoms with Crippen LogP contribution in [0.5, 0.6) is 5.75 Å². The standard InChI is InChI=1S/C21H23N5O3S/c1-21(2,3)19(28)22-15-7-5-14(6-8-15)18(27)13-30-20-23-24-25-26(20)16-9-11-17(29-4)12-10-16/h5-12H,13H2,1-4H3,(H,22,28). The van der Waals surface area contributed by atoms with Gasteiger partial charge in [-0.25, -0.2) is 0 Å². The van der Waals surface area contributed by atoms with E-state index in [1.807, 2.05) is 45.0 Å². The van der Waals surface area contributed by atoms with Gasteiger partial charge in [0.2, 0.25) is 11.1 Å². The number of rotatable bonds is 7. The Morgan fingerprint density at radius 2 is 1.73 bits per heavy atom. The fourth-order valence-electron chi connectivity index (χ4n) is 2.43. The van der Waals surface area contributed by atoms with Crippen molar-refractivity contribution in [3.05, 3.63) is 54.1 Å². The van der Waals surface area contributed by atoms with Crippen LogP contribution < -0.4 is 10.1 Å². The minimum absolute atomic E-state index is 0.0574. The molecule has 1 aromatic heterocycles. The Kier molecular flexibility index (Phi) is 6.51. The molecule has 9 heteroatoms. The van der Waals surface area contributed by atoms with Gasteiger partial charge < -0.3 is 10.1 Å². The van der Waals surface area contributed by atoms with Gasteiger partial charge in [-0.2, -0.15) is 4.68 Å². The van der Waals surface area contributed by atoms with Crippen LogP contribution in [0.25, 0.3) is 5.69 Å². The van der Waals surface area contributed by atoms with Gasteiger partial charge in [0.15, 0.2) is 5.78 Å². The summed E-state index contributed by atoms with van der Waals surface area (Å²) in [5.74, 6) is 0.781. The van der Waals surface area contributed by atoms with Gasteiger partial charge in [0.1, 0.15) is 5.75 Å². The van der Waals surface area contributed by atoms with Gasteiger partial charge in [0.25, 0.3) is 0 Å². The number of hydrogen-bond acceptors (Lipinski definition) is 7. The maximum absolute atomic E-state index is 12.6. The summed E-state index contributed by atoms with van der Waals surface area (Å²) in [5.41, 5.74) is 1.50. The Morgan fingerprint density at radius 3 is 2.33 bits per heavy atom. The predicted molar refractivity (Wildman–Crippen MR) is 115 cm³/mol. The number of methoxy groups -OCH3 is 1. The minimum Gasteiger partial charge on any atom is -0.497 e. The molecular weight excluding hydrogens is 402 g/mol. The van der Waals surface area contributed by atoms with Gasteiger partial charge in [-0.15, -0.1) is 5.10 Å². The zero-order valence-corrected chi connectivity index (χ0v) is 18.1. The number of carbonyl (C=O) groups excluding carboxylic acids is 2. The van der Waals surface area contributed by atoms with E-state index in [4.69, 9.17) is 4.74 Å². The topological polar surface area (TPSA) is 99.0 Å². The molecule has 3 rings (SSSR count). The molecule has 0 bridgehead atoms. The molecule has 0 fully saturated rings. The van der Waals surface area contributed by atoms with Crippen LogP contribution in [-0.4, -0.2) is 44.8 Å². The second kappa shape index (κ2) is 9.08. The van der Waals surface area contributed by atoms with Crippen LogP contribution in [0.3, 0.4) is 0 Å². The van der Waals surface area contributed by atoms with Crippen LogP contribution in [0.1, 0.15) is 31.1 Å². The van der Waals surface area contributed by atoms with Gasteiger partial charge in [-0.3, -0.25) is 9.59 Å². The van der Waals surface area contributed by atoms with E-state index in [1.165, 1.54) is 11.8 Å². The molecule has 3 aromatic rings. The van der Waals surface area contributed by atoms with Crippen LogP contribution in [0, 0.1) is 5.41 Å². The Morgan fingerprint density at radius 1 is 1.07 bits per heavy atom. The zero-order chi connectivity index (χ0) is 21.7. The number of aromatic nitrogens is 4. The molecule has 1 heterocycles. The molecule has 0 spiro atoms. The number of anilines is 1. The molecule has 30 heavy (non-hydrogen) atoms. The maximum atomic E-state index is 12.6. The van der Waals surface area contributed by atoms with Gasteiger partial charge >= 0.3 is 0 Å². The Bertz CT molecular complexity index is 1020. The smallest absolute Gasteiger partial charge is 0.229 e. The molecular formula is C21H23N5O3S. The van der Waals surface area contributed by atoms with Crippen molar-refractivity contribution in [3.63, 3.8) is 0 Å². The number of tetrazole rings is 1. The van der Waals surface area contributed by atoms with Gasteiger partial charge in [-0.05, 0) is 59.0 Å². The summed E-state index contributed by atoms with van der Waals surface area (Å²) in [7, 11) is 1.60. The van der Waals surface area contributed by atoms with Gasteiger partial charge in [0, 0.05) is 16.7 Å². The highest BCUT2D eigenvalue weighted by Crippen LogP contribution is 2.22. The summed E-state index contributed by atoms with van der Waals surface area (Å²) in [6, 6.07) is 14.2. The number of benzene rings is 2. The lowest BCUT2D eigenvalue weighted by molar-refractivity contribution is -0.123. The number of ether oxygens (including phenoxy) is 1. The van der Waals surface area contributed by atoms with Crippen LogP contribution in [-0.2, 0) is 4.79 Å². The van der Waals surface area contributed by atoms with Crippen molar-refractivity contribution in [1.82, 2.24) is 20.2 Å². The molecule has 0 saturated carbocycles. The molecule has 0 aliphatic carbocycles. The van der Waals surface area contributed by atoms with Crippen LogP contribution in [0.2, 0.25) is 0 Å². The quantitative estimate of drug-likeness (QED) is 0.456. The summed E-state index contributed by atoms with van der Waals surface area (Å²) in [5, 5.41) is 15.1. The number of nitrogens with one attached hydrogen (secondary N) is 1. The summed E-state index contributed by atoms with van der Waals surface area (Å²) < 4.78 is 6.73. The number of Topliss-reactive ketones (excluding diaryl/α,β-unsaturated/α-hetero) is 1. The van der Waals surface area contributed by atoms with E-state index in [2.05, 4.69) is 20.8 Å². The van der Waals surface area contributed by atoms with Crippen molar-refractivity contribution in [2.75, 3.05) is 18.2 Å². The van der Waals surface area contributed by atoms with Crippen molar-refractivity contribution < 1.29 is 14.3 Å². The Hall–Kier alpha value is -3.20. The van der Waals surface area contributed by atoms with E-state index in [9.17, 15) is 9.59 Å². The molecule has 1 N–H and O–H groups in total. The first-order chi connectivity index (χ1) is 14.3. The molecule has 0 saturated heterocycles. The lowest BCUT2D eigenvalue weighted by Gasteiger charge is -2.17. The highest BCUT2D eigenvalue weighted by atomic mass is 32.2. The summed E-state index contributed by atoms with van der Waals surface area (Å²) in [6.07, 6.45) is 0. The van der Waals surface area contributed by atoms with Crippen LogP contribution in [0.15, 0.2) is 53.7 Å². The summed E-state index contributed by atoms with van der Waals surface area (Å²) in [4.78, 5) is 24.6. The van der Waals surface area contributed by atoms with Gasteiger partial charge in [-0.1, -0.05) is 32.5 Å². The van der Waals surface area contributed by atoms with Crippen molar-refractivity contribution in [2.45, 2.75) is 25.9 Å². The summed E-state index contributed by atoms with van der Waals surface area (Å²) >= 11 is 1.26. The Labute approximate surface area is 179 Å². The molecule has 0 unspecified atom stereocenters. The molecule has 156 valence electrons. The van der Waals surface area contributed by atoms with Crippen LogP contribution >= 0.6 is 11.8 Å². The highest BCUT2D eigenvalue weighted by molar-refractivity contribution is 7.99. The first-order valence-corrected chi connectivity index (χ1v) is 10.3. The minimum atomic E-state index is -0.487. The first kappa shape index (κ1) is 21.5. The fraction of sp³-hybridized carbons (Fsp3) is 0.286. The number of hydrogen-bond donors (Lipinski definition) is 1. The zero-order valence-electron chi connectivity index (χ0n) is 17.2. The van der Waals surface area contributed by atoms with Crippen molar-refractivity contribution in [2.24, 2.45) is 5.41 Å². The van der Waals surface area contributed by atoms with Crippen molar-refractivity contribution in [1.29, 1.82) is 0 Å². The number of nitrogens with zero attached hydrogens (tertiary/aromatic N) is 4. The highest BCUT2D eigenvalue weighted by Gasteiger charge is 2.21. The molecule has 2 aromatic carbocycles. The van der Waals surface area contributed by atoms with E-state index < -0.39 is 5.41 Å². The SMILES string of the molecule is COc1ccc(-n2nnnc2SCC(=O)c2ccc(NC(=O)C(C)(C)C)cc2)cc1. The fourth-order valence-corrected chi connectivity index (χ4v) is 3.21. The third-order valence-electron chi connectivity index (χ3n) is 4.24.